The number of piperidine rings is 1. The molecular weight excluding hydrogens is 342 g/mol. The molecule has 0 unspecified atom stereocenters. The van der Waals surface area contributed by atoms with Crippen molar-refractivity contribution in [3.63, 3.8) is 0 Å². The summed E-state index contributed by atoms with van der Waals surface area (Å²) >= 11 is 0. The normalized spacial score (nSPS) is 15.4. The quantitative estimate of drug-likeness (QED) is 0.781. The number of aromatic nitrogens is 2. The number of nitrogens with one attached hydrogen (secondary N) is 2. The molecule has 0 bridgehead atoms. The third kappa shape index (κ3) is 5.92. The minimum atomic E-state index is -0.127. The fraction of sp³-hybridized carbons (Fsp3) is 0.450. The third-order valence-corrected chi connectivity index (χ3v) is 4.93. The molecule has 1 aromatic heterocycles. The Bertz CT molecular complexity index is 751. The maximum Gasteiger partial charge on any atom is 0.241 e. The van der Waals surface area contributed by atoms with Crippen LogP contribution in [0.4, 0.5) is 5.69 Å². The Morgan fingerprint density at radius 3 is 2.59 bits per heavy atom. The van der Waals surface area contributed by atoms with E-state index in [1.807, 2.05) is 6.07 Å². The van der Waals surface area contributed by atoms with Gasteiger partial charge in [0.25, 0.3) is 0 Å². The standard InChI is InChI=1S/C20H27N5O2/c1-21-20(27)15-25-14-18(12-22-25)23-19(26)11-16-7-9-24(10-8-16)13-17-5-3-2-4-6-17/h2-6,12,14,16H,7-11,13,15H2,1H3,(H,21,27)(H,23,26). The molecule has 144 valence electrons. The number of nitrogens with zero attached hydrogens (tertiary/aromatic N) is 3. The van der Waals surface area contributed by atoms with Crippen LogP contribution in [0.2, 0.25) is 0 Å². The topological polar surface area (TPSA) is 79.3 Å². The molecule has 1 fully saturated rings. The number of amides is 2. The van der Waals surface area contributed by atoms with Gasteiger partial charge in [-0.3, -0.25) is 19.2 Å². The number of hydrogen-bond donors (Lipinski definition) is 2. The average Bonchev–Trinajstić information content (AvgIpc) is 3.10. The van der Waals surface area contributed by atoms with Gasteiger partial charge in [-0.25, -0.2) is 0 Å². The van der Waals surface area contributed by atoms with Crippen molar-refractivity contribution in [2.75, 3.05) is 25.5 Å². The molecule has 7 heteroatoms. The van der Waals surface area contributed by atoms with Crippen LogP contribution in [0, 0.1) is 5.92 Å². The molecular formula is C20H27N5O2. The SMILES string of the molecule is CNC(=O)Cn1cc(NC(=O)CC2CCN(Cc3ccccc3)CC2)cn1. The number of likely N-dealkylation sites (tertiary alicyclic amines) is 1. The number of likely N-dealkylation sites (N-methyl/N-ethyl adjacent to an activating group) is 1. The second kappa shape index (κ2) is 9.32. The lowest BCUT2D eigenvalue weighted by Crippen LogP contribution is -2.34. The van der Waals surface area contributed by atoms with Crippen LogP contribution in [0.1, 0.15) is 24.8 Å². The molecule has 0 spiro atoms. The third-order valence-electron chi connectivity index (χ3n) is 4.93. The molecule has 2 heterocycles. The number of rotatable bonds is 7. The predicted octanol–water partition coefficient (Wildman–Crippen LogP) is 1.87. The van der Waals surface area contributed by atoms with Gasteiger partial charge in [0.2, 0.25) is 11.8 Å². The first-order valence-electron chi connectivity index (χ1n) is 9.41. The lowest BCUT2D eigenvalue weighted by molar-refractivity contribution is -0.121. The largest absolute Gasteiger partial charge is 0.358 e. The molecule has 7 nitrogen and oxygen atoms in total. The number of carbonyl (C=O) groups is 2. The molecule has 27 heavy (non-hydrogen) atoms. The van der Waals surface area contributed by atoms with E-state index in [2.05, 4.69) is 44.9 Å². The maximum absolute atomic E-state index is 12.3. The Morgan fingerprint density at radius 2 is 1.89 bits per heavy atom. The summed E-state index contributed by atoms with van der Waals surface area (Å²) in [5.74, 6) is 0.298. The summed E-state index contributed by atoms with van der Waals surface area (Å²) in [5, 5.41) is 9.52. The smallest absolute Gasteiger partial charge is 0.241 e. The van der Waals surface area contributed by atoms with Crippen LogP contribution in [-0.4, -0.2) is 46.6 Å². The summed E-state index contributed by atoms with van der Waals surface area (Å²) in [6.45, 7) is 3.17. The van der Waals surface area contributed by atoms with Crippen molar-refractivity contribution in [1.29, 1.82) is 0 Å². The molecule has 1 aromatic carbocycles. The van der Waals surface area contributed by atoms with Gasteiger partial charge in [0, 0.05) is 26.2 Å². The van der Waals surface area contributed by atoms with Crippen LogP contribution < -0.4 is 10.6 Å². The predicted molar refractivity (Wildman–Crippen MR) is 104 cm³/mol. The zero-order chi connectivity index (χ0) is 19.1. The van der Waals surface area contributed by atoms with Crippen molar-refractivity contribution in [1.82, 2.24) is 20.0 Å². The van der Waals surface area contributed by atoms with Gasteiger partial charge < -0.3 is 10.6 Å². The minimum Gasteiger partial charge on any atom is -0.358 e. The monoisotopic (exact) mass is 369 g/mol. The summed E-state index contributed by atoms with van der Waals surface area (Å²) in [5.41, 5.74) is 1.97. The molecule has 1 aliphatic rings. The zero-order valence-electron chi connectivity index (χ0n) is 15.7. The first-order valence-corrected chi connectivity index (χ1v) is 9.41. The number of benzene rings is 1. The van der Waals surface area contributed by atoms with Crippen LogP contribution >= 0.6 is 0 Å². The lowest BCUT2D eigenvalue weighted by atomic mass is 9.93. The van der Waals surface area contributed by atoms with E-state index in [-0.39, 0.29) is 18.4 Å². The lowest BCUT2D eigenvalue weighted by Gasteiger charge is -2.31. The molecule has 2 aromatic rings. The first kappa shape index (κ1) is 19.1. The van der Waals surface area contributed by atoms with E-state index in [0.29, 0.717) is 18.0 Å². The van der Waals surface area contributed by atoms with Crippen molar-refractivity contribution in [2.45, 2.75) is 32.4 Å². The van der Waals surface area contributed by atoms with Crippen molar-refractivity contribution in [3.8, 4) is 0 Å². The van der Waals surface area contributed by atoms with E-state index in [9.17, 15) is 9.59 Å². The number of carbonyl (C=O) groups excluding carboxylic acids is 2. The Hall–Kier alpha value is -2.67. The summed E-state index contributed by atoms with van der Waals surface area (Å²) in [6.07, 6.45) is 5.85. The second-order valence-electron chi connectivity index (χ2n) is 7.06. The highest BCUT2D eigenvalue weighted by Crippen LogP contribution is 2.22. The summed E-state index contributed by atoms with van der Waals surface area (Å²) in [7, 11) is 1.58. The van der Waals surface area contributed by atoms with Crippen molar-refractivity contribution in [2.24, 2.45) is 5.92 Å². The molecule has 1 aliphatic heterocycles. The summed E-state index contributed by atoms with van der Waals surface area (Å²) in [4.78, 5) is 26.1. The number of hydrogen-bond acceptors (Lipinski definition) is 4. The summed E-state index contributed by atoms with van der Waals surface area (Å²) < 4.78 is 1.51. The fourth-order valence-corrected chi connectivity index (χ4v) is 3.41. The Morgan fingerprint density at radius 1 is 1.15 bits per heavy atom. The van der Waals surface area contributed by atoms with Gasteiger partial charge in [-0.05, 0) is 37.4 Å². The zero-order valence-corrected chi connectivity index (χ0v) is 15.7. The van der Waals surface area contributed by atoms with Gasteiger partial charge in [-0.1, -0.05) is 30.3 Å². The number of anilines is 1. The molecule has 0 aliphatic carbocycles. The van der Waals surface area contributed by atoms with Crippen LogP contribution in [0.15, 0.2) is 42.7 Å². The Kier molecular flexibility index (Phi) is 6.59. The van der Waals surface area contributed by atoms with Crippen molar-refractivity contribution >= 4 is 17.5 Å². The molecule has 2 N–H and O–H groups in total. The van der Waals surface area contributed by atoms with E-state index in [1.165, 1.54) is 10.2 Å². The molecule has 0 radical (unpaired) electrons. The minimum absolute atomic E-state index is 0.0102. The second-order valence-corrected chi connectivity index (χ2v) is 7.06. The van der Waals surface area contributed by atoms with E-state index >= 15 is 0 Å². The Balaban J connectivity index is 1.40. The van der Waals surface area contributed by atoms with Crippen LogP contribution in [0.5, 0.6) is 0 Å². The van der Waals surface area contributed by atoms with Crippen LogP contribution in [0.3, 0.4) is 0 Å². The van der Waals surface area contributed by atoms with Gasteiger partial charge >= 0.3 is 0 Å². The summed E-state index contributed by atoms with van der Waals surface area (Å²) in [6, 6.07) is 10.5. The van der Waals surface area contributed by atoms with E-state index in [4.69, 9.17) is 0 Å². The van der Waals surface area contributed by atoms with Gasteiger partial charge in [0.1, 0.15) is 6.54 Å². The van der Waals surface area contributed by atoms with E-state index in [0.717, 1.165) is 32.5 Å². The van der Waals surface area contributed by atoms with E-state index < -0.39 is 0 Å². The van der Waals surface area contributed by atoms with Gasteiger partial charge in [-0.15, -0.1) is 0 Å². The molecule has 3 rings (SSSR count). The maximum atomic E-state index is 12.3. The fourth-order valence-electron chi connectivity index (χ4n) is 3.41. The average molecular weight is 369 g/mol. The van der Waals surface area contributed by atoms with E-state index in [1.54, 1.807) is 19.4 Å². The van der Waals surface area contributed by atoms with Gasteiger partial charge in [0.05, 0.1) is 11.9 Å². The molecule has 2 amide bonds. The van der Waals surface area contributed by atoms with Crippen LogP contribution in [-0.2, 0) is 22.7 Å². The molecule has 0 atom stereocenters. The van der Waals surface area contributed by atoms with Gasteiger partial charge in [0.15, 0.2) is 0 Å². The highest BCUT2D eigenvalue weighted by molar-refractivity contribution is 5.90. The van der Waals surface area contributed by atoms with Crippen molar-refractivity contribution in [3.05, 3.63) is 48.3 Å². The first-order chi connectivity index (χ1) is 13.1. The molecule has 0 saturated carbocycles. The highest BCUT2D eigenvalue weighted by atomic mass is 16.2. The highest BCUT2D eigenvalue weighted by Gasteiger charge is 2.21. The van der Waals surface area contributed by atoms with Gasteiger partial charge in [-0.2, -0.15) is 5.10 Å². The van der Waals surface area contributed by atoms with Crippen molar-refractivity contribution < 1.29 is 9.59 Å². The molecule has 1 saturated heterocycles. The van der Waals surface area contributed by atoms with Crippen LogP contribution in [0.25, 0.3) is 0 Å². The Labute approximate surface area is 159 Å².